The van der Waals surface area contributed by atoms with E-state index in [1.165, 1.54) is 11.3 Å². The van der Waals surface area contributed by atoms with Crippen LogP contribution in [0.15, 0.2) is 34.4 Å². The fourth-order valence-corrected chi connectivity index (χ4v) is 4.12. The summed E-state index contributed by atoms with van der Waals surface area (Å²) in [7, 11) is 1.65. The number of amides is 1. The Morgan fingerprint density at radius 2 is 2.00 bits per heavy atom. The average molecular weight is 406 g/mol. The predicted octanol–water partition coefficient (Wildman–Crippen LogP) is 1.81. The SMILES string of the molecule is COc1ccc(C(CNC(=O)CCn2c(C)csc2=O)N2CCOCC2)cc1. The number of carbonyl (C=O) groups is 1. The molecule has 3 rings (SSSR count). The Balaban J connectivity index is 1.61. The van der Waals surface area contributed by atoms with Crippen LogP contribution in [0.4, 0.5) is 0 Å². The lowest BCUT2D eigenvalue weighted by atomic mass is 10.0. The Hall–Kier alpha value is -2.16. The van der Waals surface area contributed by atoms with Gasteiger partial charge in [-0.05, 0) is 24.6 Å². The number of benzene rings is 1. The second kappa shape index (κ2) is 9.86. The van der Waals surface area contributed by atoms with E-state index in [4.69, 9.17) is 9.47 Å². The summed E-state index contributed by atoms with van der Waals surface area (Å²) in [5.74, 6) is 0.759. The summed E-state index contributed by atoms with van der Waals surface area (Å²) in [5, 5.41) is 4.86. The van der Waals surface area contributed by atoms with Crippen molar-refractivity contribution in [3.05, 3.63) is 50.6 Å². The molecule has 0 radical (unpaired) electrons. The third kappa shape index (κ3) is 5.21. The first kappa shape index (κ1) is 20.6. The molecule has 1 aliphatic heterocycles. The zero-order valence-electron chi connectivity index (χ0n) is 16.3. The van der Waals surface area contributed by atoms with E-state index < -0.39 is 0 Å². The summed E-state index contributed by atoms with van der Waals surface area (Å²) < 4.78 is 12.4. The molecule has 28 heavy (non-hydrogen) atoms. The monoisotopic (exact) mass is 405 g/mol. The average Bonchev–Trinajstić information content (AvgIpc) is 3.05. The van der Waals surface area contributed by atoms with Gasteiger partial charge in [0.1, 0.15) is 5.75 Å². The van der Waals surface area contributed by atoms with Crippen LogP contribution in [0, 0.1) is 6.92 Å². The Morgan fingerprint density at radius 1 is 1.29 bits per heavy atom. The lowest BCUT2D eigenvalue weighted by Crippen LogP contribution is -2.44. The lowest BCUT2D eigenvalue weighted by Gasteiger charge is -2.35. The number of thiazole rings is 1. The van der Waals surface area contributed by atoms with E-state index in [0.717, 1.165) is 30.1 Å². The number of nitrogens with zero attached hydrogens (tertiary/aromatic N) is 2. The number of aromatic nitrogens is 1. The number of morpholine rings is 1. The van der Waals surface area contributed by atoms with Crippen molar-refractivity contribution >= 4 is 17.2 Å². The van der Waals surface area contributed by atoms with Gasteiger partial charge in [0.2, 0.25) is 5.91 Å². The number of ether oxygens (including phenoxy) is 2. The molecule has 8 heteroatoms. The van der Waals surface area contributed by atoms with Crippen molar-refractivity contribution in [3.8, 4) is 5.75 Å². The molecule has 0 bridgehead atoms. The van der Waals surface area contributed by atoms with Crippen molar-refractivity contribution < 1.29 is 14.3 Å². The van der Waals surface area contributed by atoms with Crippen molar-refractivity contribution in [3.63, 3.8) is 0 Å². The highest BCUT2D eigenvalue weighted by Gasteiger charge is 2.23. The van der Waals surface area contributed by atoms with Crippen molar-refractivity contribution in [2.75, 3.05) is 40.0 Å². The van der Waals surface area contributed by atoms with Gasteiger partial charge in [-0.25, -0.2) is 0 Å². The molecule has 7 nitrogen and oxygen atoms in total. The molecule has 0 spiro atoms. The van der Waals surface area contributed by atoms with Gasteiger partial charge in [0.25, 0.3) is 0 Å². The maximum Gasteiger partial charge on any atom is 0.307 e. The molecule has 1 fully saturated rings. The van der Waals surface area contributed by atoms with E-state index in [1.54, 1.807) is 11.7 Å². The number of methoxy groups -OCH3 is 1. The Labute approximate surface area is 168 Å². The maximum atomic E-state index is 12.4. The van der Waals surface area contributed by atoms with E-state index in [2.05, 4.69) is 10.2 Å². The van der Waals surface area contributed by atoms with Crippen molar-refractivity contribution in [1.82, 2.24) is 14.8 Å². The van der Waals surface area contributed by atoms with Crippen molar-refractivity contribution in [1.29, 1.82) is 0 Å². The molecule has 1 unspecified atom stereocenters. The van der Waals surface area contributed by atoms with Crippen LogP contribution in [0.25, 0.3) is 0 Å². The molecule has 1 saturated heterocycles. The first-order valence-electron chi connectivity index (χ1n) is 9.46. The Kier molecular flexibility index (Phi) is 7.24. The minimum Gasteiger partial charge on any atom is -0.497 e. The topological polar surface area (TPSA) is 72.8 Å². The van der Waals surface area contributed by atoms with Crippen LogP contribution >= 0.6 is 11.3 Å². The van der Waals surface area contributed by atoms with E-state index in [1.807, 2.05) is 36.6 Å². The van der Waals surface area contributed by atoms with E-state index in [0.29, 0.717) is 26.3 Å². The molecule has 0 saturated carbocycles. The van der Waals surface area contributed by atoms with Gasteiger partial charge >= 0.3 is 4.87 Å². The molecule has 2 aromatic rings. The summed E-state index contributed by atoms with van der Waals surface area (Å²) in [6.07, 6.45) is 0.288. The molecular weight excluding hydrogens is 378 g/mol. The number of rotatable bonds is 8. The van der Waals surface area contributed by atoms with Gasteiger partial charge < -0.3 is 19.4 Å². The summed E-state index contributed by atoms with van der Waals surface area (Å²) in [6.45, 7) is 5.86. The first-order valence-corrected chi connectivity index (χ1v) is 10.3. The highest BCUT2D eigenvalue weighted by Crippen LogP contribution is 2.23. The van der Waals surface area contributed by atoms with Gasteiger partial charge in [-0.15, -0.1) is 0 Å². The zero-order chi connectivity index (χ0) is 19.9. The van der Waals surface area contributed by atoms with E-state index in [-0.39, 0.29) is 23.2 Å². The highest BCUT2D eigenvalue weighted by atomic mass is 32.1. The summed E-state index contributed by atoms with van der Waals surface area (Å²) >= 11 is 1.17. The minimum absolute atomic E-state index is 0.0188. The van der Waals surface area contributed by atoms with Gasteiger partial charge in [0.15, 0.2) is 0 Å². The van der Waals surface area contributed by atoms with Crippen LogP contribution in [-0.4, -0.2) is 55.3 Å². The molecule has 1 N–H and O–H groups in total. The second-order valence-electron chi connectivity index (χ2n) is 6.79. The smallest absolute Gasteiger partial charge is 0.307 e. The van der Waals surface area contributed by atoms with Crippen LogP contribution in [-0.2, 0) is 16.1 Å². The molecule has 1 amide bonds. The quantitative estimate of drug-likeness (QED) is 0.725. The number of aryl methyl sites for hydroxylation is 1. The van der Waals surface area contributed by atoms with E-state index in [9.17, 15) is 9.59 Å². The van der Waals surface area contributed by atoms with Crippen LogP contribution in [0.3, 0.4) is 0 Å². The normalized spacial score (nSPS) is 15.9. The van der Waals surface area contributed by atoms with Gasteiger partial charge in [0, 0.05) is 43.7 Å². The maximum absolute atomic E-state index is 12.4. The zero-order valence-corrected chi connectivity index (χ0v) is 17.2. The summed E-state index contributed by atoms with van der Waals surface area (Å²) in [5.41, 5.74) is 2.03. The van der Waals surface area contributed by atoms with Crippen molar-refractivity contribution in [2.24, 2.45) is 0 Å². The molecule has 1 aliphatic rings. The molecule has 1 aromatic heterocycles. The van der Waals surface area contributed by atoms with E-state index >= 15 is 0 Å². The number of carbonyl (C=O) groups excluding carboxylic acids is 1. The first-order chi connectivity index (χ1) is 13.6. The molecule has 2 heterocycles. The van der Waals surface area contributed by atoms with Crippen LogP contribution in [0.5, 0.6) is 5.75 Å². The lowest BCUT2D eigenvalue weighted by molar-refractivity contribution is -0.121. The third-order valence-electron chi connectivity index (χ3n) is 5.02. The Bertz CT molecular complexity index is 825. The van der Waals surface area contributed by atoms with Gasteiger partial charge in [-0.1, -0.05) is 23.5 Å². The minimum atomic E-state index is -0.0516. The number of hydrogen-bond donors (Lipinski definition) is 1. The molecule has 0 aliphatic carbocycles. The molecule has 152 valence electrons. The molecular formula is C20H27N3O4S. The van der Waals surface area contributed by atoms with Crippen molar-refractivity contribution in [2.45, 2.75) is 25.9 Å². The summed E-state index contributed by atoms with van der Waals surface area (Å²) in [4.78, 5) is 26.5. The summed E-state index contributed by atoms with van der Waals surface area (Å²) in [6, 6.07) is 8.04. The van der Waals surface area contributed by atoms with Crippen LogP contribution in [0.1, 0.15) is 23.7 Å². The Morgan fingerprint density at radius 3 is 2.61 bits per heavy atom. The predicted molar refractivity (Wildman–Crippen MR) is 109 cm³/mol. The number of hydrogen-bond acceptors (Lipinski definition) is 6. The van der Waals surface area contributed by atoms with Gasteiger partial charge in [0.05, 0.1) is 26.4 Å². The fourth-order valence-electron chi connectivity index (χ4n) is 3.36. The second-order valence-corrected chi connectivity index (χ2v) is 7.61. The molecule has 1 aromatic carbocycles. The fraction of sp³-hybridized carbons (Fsp3) is 0.500. The van der Waals surface area contributed by atoms with Crippen LogP contribution < -0.4 is 14.9 Å². The number of nitrogens with one attached hydrogen (secondary N) is 1. The third-order valence-corrected chi connectivity index (χ3v) is 5.90. The van der Waals surface area contributed by atoms with Crippen LogP contribution in [0.2, 0.25) is 0 Å². The largest absolute Gasteiger partial charge is 0.497 e. The molecule has 1 atom stereocenters. The standard InChI is InChI=1S/C20H27N3O4S/c1-15-14-28-20(25)23(15)8-7-19(24)21-13-18(22-9-11-27-12-10-22)16-3-5-17(26-2)6-4-16/h3-6,14,18H,7-13H2,1-2H3,(H,21,24). The van der Waals surface area contributed by atoms with Gasteiger partial charge in [-0.2, -0.15) is 0 Å². The highest BCUT2D eigenvalue weighted by molar-refractivity contribution is 7.07. The van der Waals surface area contributed by atoms with Gasteiger partial charge in [-0.3, -0.25) is 14.5 Å².